The number of nitrogens with zero attached hydrogens (tertiary/aromatic N) is 2. The summed E-state index contributed by atoms with van der Waals surface area (Å²) in [5.74, 6) is 0.301. The van der Waals surface area contributed by atoms with Crippen LogP contribution in [0.1, 0.15) is 49.8 Å². The Morgan fingerprint density at radius 3 is 2.90 bits per heavy atom. The molecule has 3 rings (SSSR count). The van der Waals surface area contributed by atoms with E-state index in [-0.39, 0.29) is 11.8 Å². The SMILES string of the molecule is O=C(O)C1CCCC1CNc1ncnc2c1CCCCC2. The molecule has 1 aromatic rings. The molecule has 2 aliphatic rings. The van der Waals surface area contributed by atoms with E-state index in [1.54, 1.807) is 6.33 Å². The van der Waals surface area contributed by atoms with Gasteiger partial charge < -0.3 is 10.4 Å². The molecule has 114 valence electrons. The van der Waals surface area contributed by atoms with Gasteiger partial charge in [-0.15, -0.1) is 0 Å². The number of aromatic nitrogens is 2. The van der Waals surface area contributed by atoms with Gasteiger partial charge in [0.25, 0.3) is 0 Å². The average molecular weight is 289 g/mol. The van der Waals surface area contributed by atoms with Crippen molar-refractivity contribution in [2.45, 2.75) is 51.4 Å². The molecule has 2 atom stereocenters. The number of aliphatic carboxylic acids is 1. The summed E-state index contributed by atoms with van der Waals surface area (Å²) >= 11 is 0. The van der Waals surface area contributed by atoms with Crippen molar-refractivity contribution in [3.8, 4) is 0 Å². The first-order valence-corrected chi connectivity index (χ1v) is 8.05. The van der Waals surface area contributed by atoms with Gasteiger partial charge in [0.05, 0.1) is 5.92 Å². The molecule has 1 aromatic heterocycles. The largest absolute Gasteiger partial charge is 0.481 e. The summed E-state index contributed by atoms with van der Waals surface area (Å²) in [6, 6.07) is 0. The number of rotatable bonds is 4. The maximum atomic E-state index is 11.2. The van der Waals surface area contributed by atoms with Gasteiger partial charge in [0.2, 0.25) is 0 Å². The van der Waals surface area contributed by atoms with E-state index in [4.69, 9.17) is 0 Å². The van der Waals surface area contributed by atoms with Crippen molar-refractivity contribution in [1.82, 2.24) is 9.97 Å². The maximum Gasteiger partial charge on any atom is 0.306 e. The van der Waals surface area contributed by atoms with E-state index in [0.717, 1.165) is 37.9 Å². The monoisotopic (exact) mass is 289 g/mol. The Bertz CT molecular complexity index is 518. The number of hydrogen-bond acceptors (Lipinski definition) is 4. The first-order chi connectivity index (χ1) is 10.3. The molecule has 0 saturated heterocycles. The lowest BCUT2D eigenvalue weighted by Crippen LogP contribution is -2.25. The van der Waals surface area contributed by atoms with Crippen LogP contribution in [0.5, 0.6) is 0 Å². The number of carbonyl (C=O) groups is 1. The lowest BCUT2D eigenvalue weighted by Gasteiger charge is -2.18. The second-order valence-electron chi connectivity index (χ2n) is 6.22. The van der Waals surface area contributed by atoms with Crippen molar-refractivity contribution in [2.24, 2.45) is 11.8 Å². The smallest absolute Gasteiger partial charge is 0.306 e. The average Bonchev–Trinajstić information content (AvgIpc) is 2.82. The number of fused-ring (bicyclic) bond motifs is 1. The van der Waals surface area contributed by atoms with Crippen molar-refractivity contribution in [3.05, 3.63) is 17.6 Å². The van der Waals surface area contributed by atoms with Crippen LogP contribution in [-0.4, -0.2) is 27.6 Å². The molecule has 5 nitrogen and oxygen atoms in total. The number of carboxylic acids is 1. The molecule has 1 saturated carbocycles. The van der Waals surface area contributed by atoms with Gasteiger partial charge >= 0.3 is 5.97 Å². The molecule has 0 aromatic carbocycles. The van der Waals surface area contributed by atoms with Crippen molar-refractivity contribution >= 4 is 11.8 Å². The molecule has 1 fully saturated rings. The Balaban J connectivity index is 1.69. The van der Waals surface area contributed by atoms with Gasteiger partial charge in [-0.05, 0) is 44.4 Å². The Morgan fingerprint density at radius 1 is 1.19 bits per heavy atom. The van der Waals surface area contributed by atoms with Gasteiger partial charge in [0, 0.05) is 17.8 Å². The minimum Gasteiger partial charge on any atom is -0.481 e. The fraction of sp³-hybridized carbons (Fsp3) is 0.688. The van der Waals surface area contributed by atoms with Crippen molar-refractivity contribution in [1.29, 1.82) is 0 Å². The van der Waals surface area contributed by atoms with Gasteiger partial charge in [0.1, 0.15) is 12.1 Å². The lowest BCUT2D eigenvalue weighted by molar-refractivity contribution is -0.142. The molecule has 0 spiro atoms. The molecule has 21 heavy (non-hydrogen) atoms. The van der Waals surface area contributed by atoms with Crippen LogP contribution >= 0.6 is 0 Å². The van der Waals surface area contributed by atoms with Crippen molar-refractivity contribution in [2.75, 3.05) is 11.9 Å². The van der Waals surface area contributed by atoms with E-state index in [1.807, 2.05) is 0 Å². The summed E-state index contributed by atoms with van der Waals surface area (Å²) in [5, 5.41) is 12.7. The predicted octanol–water partition coefficient (Wildman–Crippen LogP) is 2.66. The van der Waals surface area contributed by atoms with E-state index < -0.39 is 5.97 Å². The van der Waals surface area contributed by atoms with Crippen LogP contribution in [0.4, 0.5) is 5.82 Å². The molecule has 0 aliphatic heterocycles. The Labute approximate surface area is 125 Å². The zero-order valence-electron chi connectivity index (χ0n) is 12.3. The van der Waals surface area contributed by atoms with Crippen LogP contribution in [0.15, 0.2) is 6.33 Å². The molecular weight excluding hydrogens is 266 g/mol. The quantitative estimate of drug-likeness (QED) is 0.833. The minimum absolute atomic E-state index is 0.196. The normalized spacial score (nSPS) is 25.1. The molecule has 0 amide bonds. The first kappa shape index (κ1) is 14.3. The third kappa shape index (κ3) is 3.17. The van der Waals surface area contributed by atoms with Crippen LogP contribution in [0, 0.1) is 11.8 Å². The molecule has 2 aliphatic carbocycles. The maximum absolute atomic E-state index is 11.2. The molecule has 0 radical (unpaired) electrons. The van der Waals surface area contributed by atoms with Gasteiger partial charge in [-0.3, -0.25) is 4.79 Å². The highest BCUT2D eigenvalue weighted by molar-refractivity contribution is 5.70. The van der Waals surface area contributed by atoms with Gasteiger partial charge in [-0.1, -0.05) is 12.8 Å². The first-order valence-electron chi connectivity index (χ1n) is 8.05. The lowest BCUT2D eigenvalue weighted by atomic mass is 9.96. The molecule has 1 heterocycles. The van der Waals surface area contributed by atoms with E-state index in [9.17, 15) is 9.90 Å². The summed E-state index contributed by atoms with van der Waals surface area (Å²) in [6.07, 6.45) is 10.2. The summed E-state index contributed by atoms with van der Waals surface area (Å²) < 4.78 is 0. The number of hydrogen-bond donors (Lipinski definition) is 2. The van der Waals surface area contributed by atoms with Gasteiger partial charge in [-0.2, -0.15) is 0 Å². The highest BCUT2D eigenvalue weighted by Gasteiger charge is 2.32. The van der Waals surface area contributed by atoms with E-state index in [1.165, 1.54) is 30.5 Å². The molecular formula is C16H23N3O2. The Kier molecular flexibility index (Phi) is 4.36. The van der Waals surface area contributed by atoms with E-state index in [0.29, 0.717) is 6.54 Å². The Morgan fingerprint density at radius 2 is 2.05 bits per heavy atom. The molecule has 5 heteroatoms. The van der Waals surface area contributed by atoms with Crippen LogP contribution in [0.2, 0.25) is 0 Å². The number of anilines is 1. The topological polar surface area (TPSA) is 75.1 Å². The number of aryl methyl sites for hydroxylation is 1. The summed E-state index contributed by atoms with van der Waals surface area (Å²) in [5.41, 5.74) is 2.42. The zero-order chi connectivity index (χ0) is 14.7. The van der Waals surface area contributed by atoms with Gasteiger partial charge in [0.15, 0.2) is 0 Å². The standard InChI is InChI=1S/C16H23N3O2/c20-16(21)12-7-4-5-11(12)9-17-15-13-6-2-1-3-8-14(13)18-10-19-15/h10-12H,1-9H2,(H,20,21)(H,17,18,19). The fourth-order valence-corrected chi connectivity index (χ4v) is 3.68. The second kappa shape index (κ2) is 6.41. The van der Waals surface area contributed by atoms with Crippen molar-refractivity contribution < 1.29 is 9.90 Å². The van der Waals surface area contributed by atoms with E-state index in [2.05, 4.69) is 15.3 Å². The van der Waals surface area contributed by atoms with Crippen LogP contribution in [0.3, 0.4) is 0 Å². The molecule has 0 bridgehead atoms. The predicted molar refractivity (Wildman–Crippen MR) is 80.2 cm³/mol. The third-order valence-corrected chi connectivity index (χ3v) is 4.88. The van der Waals surface area contributed by atoms with Crippen molar-refractivity contribution in [3.63, 3.8) is 0 Å². The summed E-state index contributed by atoms with van der Waals surface area (Å²) in [6.45, 7) is 0.709. The highest BCUT2D eigenvalue weighted by Crippen LogP contribution is 2.32. The molecule has 2 N–H and O–H groups in total. The highest BCUT2D eigenvalue weighted by atomic mass is 16.4. The van der Waals surface area contributed by atoms with Crippen LogP contribution < -0.4 is 5.32 Å². The number of carboxylic acid groups (broad SMARTS) is 1. The fourth-order valence-electron chi connectivity index (χ4n) is 3.68. The Hall–Kier alpha value is -1.65. The van der Waals surface area contributed by atoms with Crippen LogP contribution in [-0.2, 0) is 17.6 Å². The van der Waals surface area contributed by atoms with Gasteiger partial charge in [-0.25, -0.2) is 9.97 Å². The minimum atomic E-state index is -0.652. The number of nitrogens with one attached hydrogen (secondary N) is 1. The van der Waals surface area contributed by atoms with E-state index >= 15 is 0 Å². The van der Waals surface area contributed by atoms with Crippen LogP contribution in [0.25, 0.3) is 0 Å². The molecule has 2 unspecified atom stereocenters. The summed E-state index contributed by atoms with van der Waals surface area (Å²) in [4.78, 5) is 20.1. The zero-order valence-corrected chi connectivity index (χ0v) is 12.3. The third-order valence-electron chi connectivity index (χ3n) is 4.88. The summed E-state index contributed by atoms with van der Waals surface area (Å²) in [7, 11) is 0. The second-order valence-corrected chi connectivity index (χ2v) is 6.22.